The summed E-state index contributed by atoms with van der Waals surface area (Å²) < 4.78 is 38.2. The molecule has 3 rings (SSSR count). The molecule has 36 heavy (non-hydrogen) atoms. The first kappa shape index (κ1) is 26.9. The van der Waals surface area contributed by atoms with Gasteiger partial charge in [-0.1, -0.05) is 43.7 Å². The Balaban J connectivity index is 1.44. The maximum atomic E-state index is 12.5. The van der Waals surface area contributed by atoms with E-state index in [0.717, 1.165) is 18.4 Å². The van der Waals surface area contributed by atoms with Crippen molar-refractivity contribution >= 4 is 27.6 Å². The van der Waals surface area contributed by atoms with Crippen LogP contribution in [0.5, 0.6) is 5.75 Å². The van der Waals surface area contributed by atoms with E-state index in [-0.39, 0.29) is 18.0 Å². The van der Waals surface area contributed by atoms with Crippen LogP contribution >= 0.6 is 0 Å². The average molecular weight is 511 g/mol. The second-order valence-electron chi connectivity index (χ2n) is 8.01. The Morgan fingerprint density at radius 2 is 1.58 bits per heavy atom. The Morgan fingerprint density at radius 3 is 2.25 bits per heavy atom. The number of esters is 1. The molecule has 190 valence electrons. The Hall–Kier alpha value is -3.69. The molecule has 0 saturated heterocycles. The number of rotatable bonds is 13. The fourth-order valence-electron chi connectivity index (χ4n) is 3.20. The van der Waals surface area contributed by atoms with E-state index in [0.29, 0.717) is 30.0 Å². The van der Waals surface area contributed by atoms with Crippen LogP contribution in [0.3, 0.4) is 0 Å². The molecule has 3 aromatic carbocycles. The van der Waals surface area contributed by atoms with Gasteiger partial charge in [0.25, 0.3) is 5.91 Å². The van der Waals surface area contributed by atoms with Crippen molar-refractivity contribution in [2.75, 3.05) is 25.1 Å². The number of carbonyl (C=O) groups is 2. The van der Waals surface area contributed by atoms with Gasteiger partial charge in [-0.3, -0.25) is 4.79 Å². The molecule has 0 fully saturated rings. The van der Waals surface area contributed by atoms with Crippen molar-refractivity contribution in [1.29, 1.82) is 0 Å². The van der Waals surface area contributed by atoms with Crippen LogP contribution in [-0.4, -0.2) is 40.1 Å². The van der Waals surface area contributed by atoms with Gasteiger partial charge in [0.2, 0.25) is 10.0 Å². The van der Waals surface area contributed by atoms with E-state index in [2.05, 4.69) is 10.0 Å². The summed E-state index contributed by atoms with van der Waals surface area (Å²) in [7, 11) is -3.65. The lowest BCUT2D eigenvalue weighted by atomic mass is 10.2. The van der Waals surface area contributed by atoms with E-state index >= 15 is 0 Å². The monoisotopic (exact) mass is 510 g/mol. The van der Waals surface area contributed by atoms with Crippen LogP contribution in [0, 0.1) is 0 Å². The number of sulfonamides is 1. The standard InChI is InChI=1S/C27H30N2O6S/c1-2-3-19-34-27(31)22-9-11-23(12-10-22)29-26(30)20-35-24-13-15-25(16-14-24)36(32,33)28-18-17-21-7-5-4-6-8-21/h4-16,28H,2-3,17-20H2,1H3,(H,29,30). The molecule has 0 saturated carbocycles. The predicted molar refractivity (Wildman–Crippen MR) is 138 cm³/mol. The predicted octanol–water partition coefficient (Wildman–Crippen LogP) is 4.18. The zero-order valence-corrected chi connectivity index (χ0v) is 20.9. The number of anilines is 1. The van der Waals surface area contributed by atoms with Crippen LogP contribution in [0.15, 0.2) is 83.8 Å². The summed E-state index contributed by atoms with van der Waals surface area (Å²) in [6.07, 6.45) is 2.34. The minimum absolute atomic E-state index is 0.112. The molecule has 0 spiro atoms. The third-order valence-electron chi connectivity index (χ3n) is 5.19. The summed E-state index contributed by atoms with van der Waals surface area (Å²) in [6, 6.07) is 21.8. The Labute approximate surface area is 211 Å². The summed E-state index contributed by atoms with van der Waals surface area (Å²) in [5.41, 5.74) is 1.96. The lowest BCUT2D eigenvalue weighted by molar-refractivity contribution is -0.118. The second-order valence-corrected chi connectivity index (χ2v) is 9.78. The molecule has 8 nitrogen and oxygen atoms in total. The van der Waals surface area contributed by atoms with Crippen LogP contribution in [0.2, 0.25) is 0 Å². The molecular formula is C27H30N2O6S. The van der Waals surface area contributed by atoms with Crippen LogP contribution in [0.4, 0.5) is 5.69 Å². The quantitative estimate of drug-likeness (QED) is 0.264. The first-order valence-electron chi connectivity index (χ1n) is 11.7. The molecule has 0 bridgehead atoms. The van der Waals surface area contributed by atoms with E-state index in [1.54, 1.807) is 24.3 Å². The normalized spacial score (nSPS) is 11.0. The summed E-state index contributed by atoms with van der Waals surface area (Å²) >= 11 is 0. The van der Waals surface area contributed by atoms with Crippen LogP contribution in [0.25, 0.3) is 0 Å². The molecule has 2 N–H and O–H groups in total. The molecule has 9 heteroatoms. The molecule has 0 atom stereocenters. The second kappa shape index (κ2) is 13.4. The Kier molecular flexibility index (Phi) is 10.0. The number of hydrogen-bond donors (Lipinski definition) is 2. The zero-order chi connectivity index (χ0) is 25.8. The van der Waals surface area contributed by atoms with Crippen LogP contribution < -0.4 is 14.8 Å². The number of nitrogens with one attached hydrogen (secondary N) is 2. The molecule has 0 radical (unpaired) electrons. The van der Waals surface area contributed by atoms with Crippen molar-refractivity contribution < 1.29 is 27.5 Å². The highest BCUT2D eigenvalue weighted by Crippen LogP contribution is 2.16. The van der Waals surface area contributed by atoms with Crippen LogP contribution in [0.1, 0.15) is 35.7 Å². The van der Waals surface area contributed by atoms with Gasteiger partial charge in [0, 0.05) is 12.2 Å². The zero-order valence-electron chi connectivity index (χ0n) is 20.1. The molecule has 0 aliphatic carbocycles. The van der Waals surface area contributed by atoms with Gasteiger partial charge in [0.15, 0.2) is 6.61 Å². The van der Waals surface area contributed by atoms with Gasteiger partial charge in [0.05, 0.1) is 17.1 Å². The molecule has 1 amide bonds. The smallest absolute Gasteiger partial charge is 0.338 e. The highest BCUT2D eigenvalue weighted by atomic mass is 32.2. The molecular weight excluding hydrogens is 480 g/mol. The molecule has 3 aromatic rings. The summed E-state index contributed by atoms with van der Waals surface area (Å²) in [6.45, 7) is 2.41. The van der Waals surface area contributed by atoms with E-state index in [4.69, 9.17) is 9.47 Å². The Morgan fingerprint density at radius 1 is 0.889 bits per heavy atom. The summed E-state index contributed by atoms with van der Waals surface area (Å²) in [5, 5.41) is 2.68. The number of benzene rings is 3. The minimum atomic E-state index is -3.65. The molecule has 0 aromatic heterocycles. The first-order valence-corrected chi connectivity index (χ1v) is 13.2. The van der Waals surface area contributed by atoms with E-state index < -0.39 is 21.9 Å². The van der Waals surface area contributed by atoms with Gasteiger partial charge in [-0.15, -0.1) is 0 Å². The molecule has 0 unspecified atom stereocenters. The highest BCUT2D eigenvalue weighted by molar-refractivity contribution is 7.89. The number of hydrogen-bond acceptors (Lipinski definition) is 6. The maximum absolute atomic E-state index is 12.5. The van der Waals surface area contributed by atoms with E-state index in [1.807, 2.05) is 37.3 Å². The summed E-state index contributed by atoms with van der Waals surface area (Å²) in [5.74, 6) is -0.437. The lowest BCUT2D eigenvalue weighted by Crippen LogP contribution is -2.26. The maximum Gasteiger partial charge on any atom is 0.338 e. The lowest BCUT2D eigenvalue weighted by Gasteiger charge is -2.10. The topological polar surface area (TPSA) is 111 Å². The summed E-state index contributed by atoms with van der Waals surface area (Å²) in [4.78, 5) is 24.3. The van der Waals surface area contributed by atoms with Crippen molar-refractivity contribution in [2.45, 2.75) is 31.1 Å². The third-order valence-corrected chi connectivity index (χ3v) is 6.66. The van der Waals surface area contributed by atoms with Gasteiger partial charge in [0.1, 0.15) is 5.75 Å². The van der Waals surface area contributed by atoms with Crippen molar-refractivity contribution in [3.05, 3.63) is 90.0 Å². The van der Waals surface area contributed by atoms with Crippen molar-refractivity contribution in [3.63, 3.8) is 0 Å². The number of amides is 1. The average Bonchev–Trinajstić information content (AvgIpc) is 2.89. The van der Waals surface area contributed by atoms with Gasteiger partial charge in [-0.05, 0) is 66.9 Å². The number of unbranched alkanes of at least 4 members (excludes halogenated alkanes) is 1. The fourth-order valence-corrected chi connectivity index (χ4v) is 4.23. The van der Waals surface area contributed by atoms with Gasteiger partial charge in [-0.2, -0.15) is 0 Å². The number of carbonyl (C=O) groups excluding carboxylic acids is 2. The van der Waals surface area contributed by atoms with Crippen molar-refractivity contribution in [3.8, 4) is 5.75 Å². The fraction of sp³-hybridized carbons (Fsp3) is 0.259. The minimum Gasteiger partial charge on any atom is -0.484 e. The molecule has 0 aliphatic rings. The van der Waals surface area contributed by atoms with Crippen molar-refractivity contribution in [2.24, 2.45) is 0 Å². The highest BCUT2D eigenvalue weighted by Gasteiger charge is 2.14. The van der Waals surface area contributed by atoms with Crippen molar-refractivity contribution in [1.82, 2.24) is 4.72 Å². The van der Waals surface area contributed by atoms with E-state index in [1.165, 1.54) is 24.3 Å². The molecule has 0 aliphatic heterocycles. The third kappa shape index (κ3) is 8.51. The van der Waals surface area contributed by atoms with Crippen LogP contribution in [-0.2, 0) is 26.0 Å². The van der Waals surface area contributed by atoms with Gasteiger partial charge >= 0.3 is 5.97 Å². The van der Waals surface area contributed by atoms with Gasteiger partial charge in [-0.25, -0.2) is 17.9 Å². The Bertz CT molecular complexity index is 1230. The largest absolute Gasteiger partial charge is 0.484 e. The molecule has 0 heterocycles. The van der Waals surface area contributed by atoms with E-state index in [9.17, 15) is 18.0 Å². The first-order chi connectivity index (χ1) is 17.4. The number of ether oxygens (including phenoxy) is 2. The SMILES string of the molecule is CCCCOC(=O)c1ccc(NC(=O)COc2ccc(S(=O)(=O)NCCc3ccccc3)cc2)cc1. The van der Waals surface area contributed by atoms with Gasteiger partial charge < -0.3 is 14.8 Å².